The molecule has 1 fully saturated rings. The number of carboxylic acids is 1. The highest BCUT2D eigenvalue weighted by molar-refractivity contribution is 5.88. The standard InChI is InChI=1S/C14H21N3O3/c1-3-5-11-10(14(18)19)8-15-13(16-11)12-9-17(4-2)6-7-20-12/h8,12H,3-7,9H2,1-2H3,(H,18,19). The van der Waals surface area contributed by atoms with E-state index in [-0.39, 0.29) is 11.7 Å². The number of likely N-dealkylation sites (N-methyl/N-ethyl adjacent to an activating group) is 1. The fourth-order valence-electron chi connectivity index (χ4n) is 2.34. The van der Waals surface area contributed by atoms with E-state index >= 15 is 0 Å². The third-order valence-corrected chi connectivity index (χ3v) is 3.49. The van der Waals surface area contributed by atoms with Gasteiger partial charge < -0.3 is 9.84 Å². The van der Waals surface area contributed by atoms with Gasteiger partial charge in [0.25, 0.3) is 0 Å². The maximum absolute atomic E-state index is 11.2. The molecule has 1 aliphatic rings. The molecule has 0 aliphatic carbocycles. The van der Waals surface area contributed by atoms with Crippen molar-refractivity contribution < 1.29 is 14.6 Å². The fourth-order valence-corrected chi connectivity index (χ4v) is 2.34. The predicted molar refractivity (Wildman–Crippen MR) is 73.8 cm³/mol. The number of aryl methyl sites for hydroxylation is 1. The number of nitrogens with zero attached hydrogens (tertiary/aromatic N) is 3. The first kappa shape index (κ1) is 14.9. The van der Waals surface area contributed by atoms with Crippen LogP contribution in [0, 0.1) is 0 Å². The maximum atomic E-state index is 11.2. The van der Waals surface area contributed by atoms with Crippen LogP contribution in [0.3, 0.4) is 0 Å². The molecule has 0 saturated carbocycles. The predicted octanol–water partition coefficient (Wildman–Crippen LogP) is 1.52. The summed E-state index contributed by atoms with van der Waals surface area (Å²) in [6, 6.07) is 0. The van der Waals surface area contributed by atoms with E-state index in [0.29, 0.717) is 24.5 Å². The number of hydrogen-bond acceptors (Lipinski definition) is 5. The summed E-state index contributed by atoms with van der Waals surface area (Å²) >= 11 is 0. The second-order valence-electron chi connectivity index (χ2n) is 4.90. The Bertz CT molecular complexity index is 479. The Morgan fingerprint density at radius 1 is 1.55 bits per heavy atom. The van der Waals surface area contributed by atoms with E-state index in [1.54, 1.807) is 0 Å². The van der Waals surface area contributed by atoms with Crippen LogP contribution in [0.5, 0.6) is 0 Å². The van der Waals surface area contributed by atoms with Crippen LogP contribution in [-0.2, 0) is 11.2 Å². The van der Waals surface area contributed by atoms with Crippen molar-refractivity contribution in [2.24, 2.45) is 0 Å². The van der Waals surface area contributed by atoms with Crippen LogP contribution in [0.2, 0.25) is 0 Å². The van der Waals surface area contributed by atoms with Crippen LogP contribution >= 0.6 is 0 Å². The Morgan fingerprint density at radius 2 is 2.35 bits per heavy atom. The van der Waals surface area contributed by atoms with E-state index in [4.69, 9.17) is 9.84 Å². The normalized spacial score (nSPS) is 20.0. The fraction of sp³-hybridized carbons (Fsp3) is 0.643. The molecule has 1 N–H and O–H groups in total. The molecule has 110 valence electrons. The first-order valence-electron chi connectivity index (χ1n) is 7.08. The van der Waals surface area contributed by atoms with Gasteiger partial charge in [0.15, 0.2) is 5.82 Å². The van der Waals surface area contributed by atoms with Gasteiger partial charge in [-0.15, -0.1) is 0 Å². The average Bonchev–Trinajstić information content (AvgIpc) is 2.47. The summed E-state index contributed by atoms with van der Waals surface area (Å²) in [7, 11) is 0. The highest BCUT2D eigenvalue weighted by Gasteiger charge is 2.24. The molecular weight excluding hydrogens is 258 g/mol. The number of hydrogen-bond donors (Lipinski definition) is 1. The van der Waals surface area contributed by atoms with Crippen LogP contribution < -0.4 is 0 Å². The smallest absolute Gasteiger partial charge is 0.339 e. The zero-order valence-corrected chi connectivity index (χ0v) is 12.0. The van der Waals surface area contributed by atoms with Gasteiger partial charge in [0.1, 0.15) is 6.10 Å². The summed E-state index contributed by atoms with van der Waals surface area (Å²) in [6.45, 7) is 7.42. The van der Waals surface area contributed by atoms with Crippen LogP contribution in [0.15, 0.2) is 6.20 Å². The lowest BCUT2D eigenvalue weighted by atomic mass is 10.1. The summed E-state index contributed by atoms with van der Waals surface area (Å²) in [6.07, 6.45) is 2.73. The molecule has 6 heteroatoms. The molecule has 0 spiro atoms. The van der Waals surface area contributed by atoms with E-state index in [0.717, 1.165) is 26.1 Å². The first-order valence-corrected chi connectivity index (χ1v) is 7.08. The molecule has 20 heavy (non-hydrogen) atoms. The van der Waals surface area contributed by atoms with Crippen molar-refractivity contribution >= 4 is 5.97 Å². The van der Waals surface area contributed by atoms with Gasteiger partial charge in [-0.1, -0.05) is 20.3 Å². The first-order chi connectivity index (χ1) is 9.65. The topological polar surface area (TPSA) is 75.5 Å². The van der Waals surface area contributed by atoms with E-state index in [9.17, 15) is 4.79 Å². The summed E-state index contributed by atoms with van der Waals surface area (Å²) in [5.74, 6) is -0.378. The van der Waals surface area contributed by atoms with E-state index in [2.05, 4.69) is 21.8 Å². The van der Waals surface area contributed by atoms with Gasteiger partial charge in [-0.05, 0) is 13.0 Å². The molecule has 0 aromatic carbocycles. The molecule has 1 aliphatic heterocycles. The third-order valence-electron chi connectivity index (χ3n) is 3.49. The molecule has 0 amide bonds. The van der Waals surface area contributed by atoms with Crippen molar-refractivity contribution in [2.75, 3.05) is 26.2 Å². The lowest BCUT2D eigenvalue weighted by molar-refractivity contribution is -0.0327. The van der Waals surface area contributed by atoms with Crippen LogP contribution in [0.25, 0.3) is 0 Å². The van der Waals surface area contributed by atoms with Gasteiger partial charge >= 0.3 is 5.97 Å². The third kappa shape index (κ3) is 3.32. The van der Waals surface area contributed by atoms with Gasteiger partial charge in [0.05, 0.1) is 17.9 Å². The minimum atomic E-state index is -0.972. The molecule has 2 heterocycles. The number of carboxylic acid groups (broad SMARTS) is 1. The molecule has 6 nitrogen and oxygen atoms in total. The average molecular weight is 279 g/mol. The SMILES string of the molecule is CCCc1nc(C2CN(CC)CCO2)ncc1C(=O)O. The Balaban J connectivity index is 2.23. The monoisotopic (exact) mass is 279 g/mol. The van der Waals surface area contributed by atoms with Gasteiger partial charge in [-0.2, -0.15) is 0 Å². The molecule has 1 saturated heterocycles. The van der Waals surface area contributed by atoms with Crippen molar-refractivity contribution in [3.8, 4) is 0 Å². The van der Waals surface area contributed by atoms with Crippen LogP contribution in [-0.4, -0.2) is 52.2 Å². The Labute approximate surface area is 118 Å². The zero-order valence-electron chi connectivity index (χ0n) is 12.0. The molecular formula is C14H21N3O3. The van der Waals surface area contributed by atoms with Gasteiger partial charge in [0.2, 0.25) is 0 Å². The number of carbonyl (C=O) groups is 1. The molecule has 1 aromatic rings. The zero-order chi connectivity index (χ0) is 14.5. The minimum Gasteiger partial charge on any atom is -0.478 e. The summed E-state index contributed by atoms with van der Waals surface area (Å²) < 4.78 is 5.72. The summed E-state index contributed by atoms with van der Waals surface area (Å²) in [5, 5.41) is 9.15. The van der Waals surface area contributed by atoms with Gasteiger partial charge in [-0.3, -0.25) is 4.90 Å². The van der Waals surface area contributed by atoms with Crippen LogP contribution in [0.4, 0.5) is 0 Å². The Hall–Kier alpha value is -1.53. The molecule has 1 atom stereocenters. The van der Waals surface area contributed by atoms with Crippen molar-refractivity contribution in [3.63, 3.8) is 0 Å². The molecule has 2 rings (SSSR count). The second kappa shape index (κ2) is 6.76. The van der Waals surface area contributed by atoms with Gasteiger partial charge in [0, 0.05) is 19.3 Å². The largest absolute Gasteiger partial charge is 0.478 e. The number of ether oxygens (including phenoxy) is 1. The Kier molecular flexibility index (Phi) is 5.03. The second-order valence-corrected chi connectivity index (χ2v) is 4.90. The lowest BCUT2D eigenvalue weighted by Crippen LogP contribution is -2.38. The van der Waals surface area contributed by atoms with Crippen molar-refractivity contribution in [1.82, 2.24) is 14.9 Å². The highest BCUT2D eigenvalue weighted by atomic mass is 16.5. The number of morpholine rings is 1. The number of aromatic carboxylic acids is 1. The molecule has 0 bridgehead atoms. The number of rotatable bonds is 5. The summed E-state index contributed by atoms with van der Waals surface area (Å²) in [4.78, 5) is 22.1. The lowest BCUT2D eigenvalue weighted by Gasteiger charge is -2.31. The molecule has 0 radical (unpaired) electrons. The highest BCUT2D eigenvalue weighted by Crippen LogP contribution is 2.20. The Morgan fingerprint density at radius 3 is 3.00 bits per heavy atom. The quantitative estimate of drug-likeness (QED) is 0.880. The van der Waals surface area contributed by atoms with E-state index in [1.807, 2.05) is 6.92 Å². The maximum Gasteiger partial charge on any atom is 0.339 e. The van der Waals surface area contributed by atoms with E-state index in [1.165, 1.54) is 6.20 Å². The van der Waals surface area contributed by atoms with Crippen molar-refractivity contribution in [3.05, 3.63) is 23.3 Å². The van der Waals surface area contributed by atoms with Crippen molar-refractivity contribution in [1.29, 1.82) is 0 Å². The van der Waals surface area contributed by atoms with Crippen molar-refractivity contribution in [2.45, 2.75) is 32.8 Å². The molecule has 1 aromatic heterocycles. The van der Waals surface area contributed by atoms with Crippen LogP contribution in [0.1, 0.15) is 48.2 Å². The number of aromatic nitrogens is 2. The van der Waals surface area contributed by atoms with E-state index < -0.39 is 5.97 Å². The molecule has 1 unspecified atom stereocenters. The minimum absolute atomic E-state index is 0.165. The summed E-state index contributed by atoms with van der Waals surface area (Å²) in [5.41, 5.74) is 0.793. The van der Waals surface area contributed by atoms with Gasteiger partial charge in [-0.25, -0.2) is 14.8 Å².